The standard InChI is InChI=1S/C15H18BrClFN3/c1-9(17)15-19-13-7-12(18)11(16)6-14(13)21(15)8-10-4-3-5-20(10)2/h6-7,9-10H,3-5,8H2,1-2H3. The van der Waals surface area contributed by atoms with Gasteiger partial charge in [0.05, 0.1) is 20.9 Å². The number of fused-ring (bicyclic) bond motifs is 1. The van der Waals surface area contributed by atoms with Gasteiger partial charge in [-0.2, -0.15) is 0 Å². The zero-order valence-corrected chi connectivity index (χ0v) is 14.5. The van der Waals surface area contributed by atoms with Crippen LogP contribution in [0.4, 0.5) is 4.39 Å². The third-order valence-corrected chi connectivity index (χ3v) is 5.04. The predicted octanol–water partition coefficient (Wildman–Crippen LogP) is 4.33. The number of alkyl halides is 1. The molecule has 1 saturated heterocycles. The number of aromatic nitrogens is 2. The van der Waals surface area contributed by atoms with Gasteiger partial charge in [0.1, 0.15) is 11.6 Å². The lowest BCUT2D eigenvalue weighted by molar-refractivity contribution is 0.282. The Morgan fingerprint density at radius 1 is 1.52 bits per heavy atom. The summed E-state index contributed by atoms with van der Waals surface area (Å²) in [5.74, 6) is 0.517. The quantitative estimate of drug-likeness (QED) is 0.746. The molecule has 0 bridgehead atoms. The molecule has 1 fully saturated rings. The van der Waals surface area contributed by atoms with Crippen molar-refractivity contribution in [2.24, 2.45) is 0 Å². The van der Waals surface area contributed by atoms with Gasteiger partial charge >= 0.3 is 0 Å². The van der Waals surface area contributed by atoms with E-state index in [0.717, 1.165) is 24.4 Å². The van der Waals surface area contributed by atoms with Crippen molar-refractivity contribution in [1.82, 2.24) is 14.5 Å². The average molecular weight is 375 g/mol. The zero-order valence-electron chi connectivity index (χ0n) is 12.1. The number of hydrogen-bond donors (Lipinski definition) is 0. The van der Waals surface area contributed by atoms with Gasteiger partial charge in [-0.25, -0.2) is 9.37 Å². The van der Waals surface area contributed by atoms with Crippen molar-refractivity contribution < 1.29 is 4.39 Å². The fraction of sp³-hybridized carbons (Fsp3) is 0.533. The first-order valence-electron chi connectivity index (χ1n) is 7.17. The molecule has 1 aliphatic heterocycles. The van der Waals surface area contributed by atoms with E-state index in [4.69, 9.17) is 11.6 Å². The molecule has 1 aliphatic rings. The molecule has 1 aromatic carbocycles. The number of benzene rings is 1. The fourth-order valence-electron chi connectivity index (χ4n) is 3.06. The Hall–Kier alpha value is -0.650. The Morgan fingerprint density at radius 3 is 2.90 bits per heavy atom. The van der Waals surface area contributed by atoms with Crippen LogP contribution in [-0.4, -0.2) is 34.1 Å². The Labute approximate surface area is 137 Å². The van der Waals surface area contributed by atoms with E-state index in [1.807, 2.05) is 6.92 Å². The summed E-state index contributed by atoms with van der Waals surface area (Å²) in [6.07, 6.45) is 2.40. The topological polar surface area (TPSA) is 21.1 Å². The molecule has 1 aromatic heterocycles. The van der Waals surface area contributed by atoms with Gasteiger partial charge < -0.3 is 9.47 Å². The average Bonchev–Trinajstić information content (AvgIpc) is 2.97. The van der Waals surface area contributed by atoms with Gasteiger partial charge in [-0.05, 0) is 55.4 Å². The first-order valence-corrected chi connectivity index (χ1v) is 8.40. The second-order valence-corrected chi connectivity index (χ2v) is 7.24. The van der Waals surface area contributed by atoms with E-state index in [0.29, 0.717) is 16.0 Å². The van der Waals surface area contributed by atoms with Crippen molar-refractivity contribution in [2.75, 3.05) is 13.6 Å². The van der Waals surface area contributed by atoms with Gasteiger partial charge in [0, 0.05) is 18.7 Å². The minimum absolute atomic E-state index is 0.203. The number of imidazole rings is 1. The molecule has 0 radical (unpaired) electrons. The lowest BCUT2D eigenvalue weighted by Gasteiger charge is -2.22. The minimum atomic E-state index is -0.293. The van der Waals surface area contributed by atoms with Gasteiger partial charge in [0.25, 0.3) is 0 Å². The summed E-state index contributed by atoms with van der Waals surface area (Å²) in [7, 11) is 2.15. The van der Waals surface area contributed by atoms with Crippen molar-refractivity contribution in [2.45, 2.75) is 37.7 Å². The van der Waals surface area contributed by atoms with E-state index < -0.39 is 0 Å². The molecule has 0 amide bonds. The third-order valence-electron chi connectivity index (χ3n) is 4.24. The molecule has 3 rings (SSSR count). The number of hydrogen-bond acceptors (Lipinski definition) is 2. The van der Waals surface area contributed by atoms with E-state index in [2.05, 4.69) is 37.4 Å². The van der Waals surface area contributed by atoms with E-state index in [9.17, 15) is 4.39 Å². The maximum Gasteiger partial charge on any atom is 0.139 e. The largest absolute Gasteiger partial charge is 0.325 e. The number of likely N-dealkylation sites (N-methyl/N-ethyl adjacent to an activating group) is 1. The molecule has 2 heterocycles. The predicted molar refractivity (Wildman–Crippen MR) is 87.3 cm³/mol. The van der Waals surface area contributed by atoms with Crippen molar-refractivity contribution in [3.8, 4) is 0 Å². The molecule has 2 aromatic rings. The van der Waals surface area contributed by atoms with Crippen LogP contribution in [0.5, 0.6) is 0 Å². The van der Waals surface area contributed by atoms with Crippen molar-refractivity contribution >= 4 is 38.6 Å². The Kier molecular flexibility index (Phi) is 4.26. The normalized spacial score (nSPS) is 21.3. The van der Waals surface area contributed by atoms with Gasteiger partial charge in [-0.1, -0.05) is 0 Å². The lowest BCUT2D eigenvalue weighted by Crippen LogP contribution is -2.30. The number of rotatable bonds is 3. The fourth-order valence-corrected chi connectivity index (χ4v) is 3.55. The Balaban J connectivity index is 2.09. The van der Waals surface area contributed by atoms with E-state index in [-0.39, 0.29) is 11.2 Å². The highest BCUT2D eigenvalue weighted by atomic mass is 79.9. The zero-order chi connectivity index (χ0) is 15.1. The van der Waals surface area contributed by atoms with Crippen LogP contribution in [-0.2, 0) is 6.54 Å². The summed E-state index contributed by atoms with van der Waals surface area (Å²) < 4.78 is 16.3. The molecule has 0 N–H and O–H groups in total. The van der Waals surface area contributed by atoms with Crippen molar-refractivity contribution in [1.29, 1.82) is 0 Å². The molecule has 6 heteroatoms. The van der Waals surface area contributed by atoms with Crippen molar-refractivity contribution in [3.63, 3.8) is 0 Å². The van der Waals surface area contributed by atoms with E-state index in [1.165, 1.54) is 18.9 Å². The van der Waals surface area contributed by atoms with Gasteiger partial charge in [0.15, 0.2) is 0 Å². The summed E-state index contributed by atoms with van der Waals surface area (Å²) in [5.41, 5.74) is 1.60. The Morgan fingerprint density at radius 2 is 2.29 bits per heavy atom. The van der Waals surface area contributed by atoms with E-state index in [1.54, 1.807) is 6.07 Å². The summed E-state index contributed by atoms with van der Waals surface area (Å²) in [5, 5.41) is -0.203. The highest BCUT2D eigenvalue weighted by molar-refractivity contribution is 9.10. The molecule has 0 spiro atoms. The van der Waals surface area contributed by atoms with Gasteiger partial charge in [0.2, 0.25) is 0 Å². The first kappa shape index (κ1) is 15.3. The van der Waals surface area contributed by atoms with Crippen LogP contribution in [0, 0.1) is 5.82 Å². The molecule has 21 heavy (non-hydrogen) atoms. The molecule has 2 atom stereocenters. The summed E-state index contributed by atoms with van der Waals surface area (Å²) in [4.78, 5) is 6.90. The molecule has 114 valence electrons. The SMILES string of the molecule is CC(Cl)c1nc2cc(F)c(Br)cc2n1CC1CCCN1C. The lowest BCUT2D eigenvalue weighted by atomic mass is 10.2. The van der Waals surface area contributed by atoms with Gasteiger partial charge in [-0.3, -0.25) is 0 Å². The number of halogens is 3. The van der Waals surface area contributed by atoms with Gasteiger partial charge in [-0.15, -0.1) is 11.6 Å². The van der Waals surface area contributed by atoms with E-state index >= 15 is 0 Å². The molecular weight excluding hydrogens is 357 g/mol. The minimum Gasteiger partial charge on any atom is -0.325 e. The second-order valence-electron chi connectivity index (χ2n) is 5.73. The molecule has 2 unspecified atom stereocenters. The molecule has 0 aliphatic carbocycles. The molecule has 0 saturated carbocycles. The third kappa shape index (κ3) is 2.83. The number of nitrogens with zero attached hydrogens (tertiary/aromatic N) is 3. The van der Waals surface area contributed by atoms with Crippen LogP contribution in [0.3, 0.4) is 0 Å². The highest BCUT2D eigenvalue weighted by Crippen LogP contribution is 2.30. The van der Waals surface area contributed by atoms with Crippen LogP contribution < -0.4 is 0 Å². The smallest absolute Gasteiger partial charge is 0.139 e. The van der Waals surface area contributed by atoms with Crippen LogP contribution in [0.1, 0.15) is 31.0 Å². The summed E-state index contributed by atoms with van der Waals surface area (Å²) >= 11 is 9.54. The maximum absolute atomic E-state index is 13.7. The van der Waals surface area contributed by atoms with Crippen LogP contribution >= 0.6 is 27.5 Å². The number of likely N-dealkylation sites (tertiary alicyclic amines) is 1. The Bertz CT molecular complexity index is 670. The molecule has 3 nitrogen and oxygen atoms in total. The molecular formula is C15H18BrClFN3. The van der Waals surface area contributed by atoms with Crippen LogP contribution in [0.25, 0.3) is 11.0 Å². The monoisotopic (exact) mass is 373 g/mol. The summed E-state index contributed by atoms with van der Waals surface area (Å²) in [6.45, 7) is 3.88. The summed E-state index contributed by atoms with van der Waals surface area (Å²) in [6, 6.07) is 3.76. The second kappa shape index (κ2) is 5.86. The first-order chi connectivity index (χ1) is 9.97. The van der Waals surface area contributed by atoms with Crippen LogP contribution in [0.2, 0.25) is 0 Å². The van der Waals surface area contributed by atoms with Crippen molar-refractivity contribution in [3.05, 3.63) is 28.2 Å². The maximum atomic E-state index is 13.7. The van der Waals surface area contributed by atoms with Crippen LogP contribution in [0.15, 0.2) is 16.6 Å². The highest BCUT2D eigenvalue weighted by Gasteiger charge is 2.25.